The minimum atomic E-state index is -0.118. The highest BCUT2D eigenvalue weighted by Crippen LogP contribution is 2.34. The molecule has 2 heterocycles. The maximum absolute atomic E-state index is 10.2. The van der Waals surface area contributed by atoms with Crippen LogP contribution in [-0.2, 0) is 0 Å². The van der Waals surface area contributed by atoms with Gasteiger partial charge in [0.1, 0.15) is 10.8 Å². The Balaban J connectivity index is 2.07. The van der Waals surface area contributed by atoms with Gasteiger partial charge in [0.05, 0.1) is 16.6 Å². The second-order valence-electron chi connectivity index (χ2n) is 4.32. The molecule has 0 saturated heterocycles. The number of hydrogen-bond donors (Lipinski definition) is 1. The van der Waals surface area contributed by atoms with E-state index in [2.05, 4.69) is 20.5 Å². The quantitative estimate of drug-likeness (QED) is 0.875. The largest absolute Gasteiger partial charge is 0.334 e. The highest BCUT2D eigenvalue weighted by atomic mass is 35.5. The first kappa shape index (κ1) is 13.9. The summed E-state index contributed by atoms with van der Waals surface area (Å²) < 4.78 is 0.672. The van der Waals surface area contributed by atoms with Crippen LogP contribution < -0.4 is 5.32 Å². The van der Waals surface area contributed by atoms with E-state index < -0.39 is 0 Å². The summed E-state index contributed by atoms with van der Waals surface area (Å²) >= 11 is 7.55. The third-order valence-corrected chi connectivity index (χ3v) is 4.15. The van der Waals surface area contributed by atoms with Gasteiger partial charge in [-0.2, -0.15) is 0 Å². The number of benzene rings is 1. The Morgan fingerprint density at radius 3 is 2.90 bits per heavy atom. The molecule has 0 radical (unpaired) electrons. The fraction of sp³-hybridized carbons (Fsp3) is 0.143. The summed E-state index contributed by atoms with van der Waals surface area (Å²) in [4.78, 5) is 18.9. The van der Waals surface area contributed by atoms with Gasteiger partial charge in [-0.3, -0.25) is 4.99 Å². The Bertz CT molecular complexity index is 724. The van der Waals surface area contributed by atoms with E-state index in [1.54, 1.807) is 0 Å². The molecule has 0 unspecified atom stereocenters. The number of aliphatic imine (C=N–C) groups is 2. The van der Waals surface area contributed by atoms with E-state index in [4.69, 9.17) is 11.6 Å². The number of nitrogens with zero attached hydrogens (tertiary/aromatic N) is 3. The summed E-state index contributed by atoms with van der Waals surface area (Å²) in [6.07, 6.45) is 0. The van der Waals surface area contributed by atoms with E-state index in [0.717, 1.165) is 21.8 Å². The van der Waals surface area contributed by atoms with Crippen molar-refractivity contribution in [3.63, 3.8) is 0 Å². The zero-order valence-electron chi connectivity index (χ0n) is 10.9. The molecule has 2 aromatic rings. The van der Waals surface area contributed by atoms with Crippen LogP contribution in [0.2, 0.25) is 4.34 Å². The van der Waals surface area contributed by atoms with E-state index >= 15 is 0 Å². The molecule has 106 valence electrons. The Morgan fingerprint density at radius 2 is 2.14 bits per heavy atom. The summed E-state index contributed by atoms with van der Waals surface area (Å²) in [5.41, 5.74) is 2.83. The Labute approximate surface area is 130 Å². The van der Waals surface area contributed by atoms with Crippen molar-refractivity contribution < 1.29 is 0 Å². The molecule has 7 heteroatoms. The Morgan fingerprint density at radius 1 is 1.33 bits per heavy atom. The van der Waals surface area contributed by atoms with Crippen molar-refractivity contribution in [2.24, 2.45) is 15.2 Å². The van der Waals surface area contributed by atoms with Crippen LogP contribution in [0.15, 0.2) is 51.6 Å². The number of thiophene rings is 1. The number of rotatable bonds is 3. The number of fused-ring (bicyclic) bond motifs is 1. The number of nitrogens with one attached hydrogen (secondary N) is 1. The number of amidine groups is 1. The minimum absolute atomic E-state index is 0.118. The predicted octanol–water partition coefficient (Wildman–Crippen LogP) is 3.79. The second kappa shape index (κ2) is 6.15. The first-order valence-corrected chi connectivity index (χ1v) is 7.46. The lowest BCUT2D eigenvalue weighted by molar-refractivity contribution is 1.04. The maximum atomic E-state index is 10.2. The number of hydrogen-bond acceptors (Lipinski definition) is 5. The van der Waals surface area contributed by atoms with Crippen LogP contribution in [0.5, 0.6) is 0 Å². The topological polar surface area (TPSA) is 66.2 Å². The van der Waals surface area contributed by atoms with Crippen LogP contribution in [0.1, 0.15) is 11.1 Å². The molecular weight excluding hydrogens is 308 g/mol. The summed E-state index contributed by atoms with van der Waals surface area (Å²) in [6.45, 7) is 0.256. The number of nitroso groups, excluding NO2 is 1. The summed E-state index contributed by atoms with van der Waals surface area (Å²) in [5, 5.41) is 6.81. The molecule has 1 aromatic heterocycles. The van der Waals surface area contributed by atoms with Crippen LogP contribution in [0.4, 0.5) is 5.00 Å². The van der Waals surface area contributed by atoms with Crippen molar-refractivity contribution in [2.75, 3.05) is 18.5 Å². The molecule has 1 aromatic carbocycles. The van der Waals surface area contributed by atoms with Crippen molar-refractivity contribution in [1.29, 1.82) is 0 Å². The zero-order chi connectivity index (χ0) is 14.7. The molecule has 5 nitrogen and oxygen atoms in total. The minimum Gasteiger partial charge on any atom is -0.334 e. The van der Waals surface area contributed by atoms with Crippen molar-refractivity contribution in [1.82, 2.24) is 0 Å². The Kier molecular flexibility index (Phi) is 4.08. The van der Waals surface area contributed by atoms with Gasteiger partial charge in [-0.05, 0) is 11.2 Å². The van der Waals surface area contributed by atoms with Crippen molar-refractivity contribution >= 4 is 39.5 Å². The van der Waals surface area contributed by atoms with Crippen molar-refractivity contribution in [3.05, 3.63) is 56.8 Å². The molecular formula is C14H11ClN4OS. The molecule has 1 N–H and O–H groups in total. The highest BCUT2D eigenvalue weighted by Gasteiger charge is 2.19. The van der Waals surface area contributed by atoms with Gasteiger partial charge >= 0.3 is 0 Å². The third kappa shape index (κ3) is 3.01. The van der Waals surface area contributed by atoms with E-state index in [1.807, 2.05) is 36.4 Å². The fourth-order valence-electron chi connectivity index (χ4n) is 2.09. The summed E-state index contributed by atoms with van der Waals surface area (Å²) in [5.74, 6) is 0.611. The van der Waals surface area contributed by atoms with Crippen LogP contribution in [0, 0.1) is 4.91 Å². The predicted molar refractivity (Wildman–Crippen MR) is 88.0 cm³/mol. The van der Waals surface area contributed by atoms with Gasteiger partial charge < -0.3 is 5.32 Å². The number of halogens is 1. The lowest BCUT2D eigenvalue weighted by Crippen LogP contribution is -2.14. The van der Waals surface area contributed by atoms with Gasteiger partial charge in [0.25, 0.3) is 0 Å². The van der Waals surface area contributed by atoms with Gasteiger partial charge in [-0.15, -0.1) is 16.2 Å². The smallest absolute Gasteiger partial charge is 0.173 e. The number of anilines is 1. The molecule has 0 atom stereocenters. The first-order valence-electron chi connectivity index (χ1n) is 6.27. The monoisotopic (exact) mass is 318 g/mol. The zero-order valence-corrected chi connectivity index (χ0v) is 12.5. The maximum Gasteiger partial charge on any atom is 0.173 e. The van der Waals surface area contributed by atoms with Crippen LogP contribution in [0.25, 0.3) is 0 Å². The van der Waals surface area contributed by atoms with Crippen LogP contribution in [0.3, 0.4) is 0 Å². The van der Waals surface area contributed by atoms with Crippen molar-refractivity contribution in [3.8, 4) is 0 Å². The summed E-state index contributed by atoms with van der Waals surface area (Å²) in [7, 11) is 0. The van der Waals surface area contributed by atoms with Gasteiger partial charge in [-0.25, -0.2) is 4.99 Å². The molecule has 0 saturated carbocycles. The average molecular weight is 319 g/mol. The van der Waals surface area contributed by atoms with Gasteiger partial charge in [0, 0.05) is 11.1 Å². The molecule has 0 fully saturated rings. The van der Waals surface area contributed by atoms with Gasteiger partial charge in [-0.1, -0.05) is 41.9 Å². The first-order chi connectivity index (χ1) is 10.3. The van der Waals surface area contributed by atoms with Crippen LogP contribution in [-0.4, -0.2) is 24.8 Å². The SMILES string of the molecule is O=NCN=C1CN=C(c2ccccc2)c2cc(Cl)sc2N1. The van der Waals surface area contributed by atoms with E-state index in [9.17, 15) is 4.91 Å². The molecule has 21 heavy (non-hydrogen) atoms. The molecule has 0 amide bonds. The lowest BCUT2D eigenvalue weighted by atomic mass is 10.0. The fourth-order valence-corrected chi connectivity index (χ4v) is 3.23. The van der Waals surface area contributed by atoms with Crippen molar-refractivity contribution in [2.45, 2.75) is 0 Å². The molecule has 0 bridgehead atoms. The van der Waals surface area contributed by atoms with Gasteiger partial charge in [0.15, 0.2) is 6.67 Å². The molecule has 0 aliphatic carbocycles. The van der Waals surface area contributed by atoms with Crippen LogP contribution >= 0.6 is 22.9 Å². The normalized spacial score (nSPS) is 15.9. The third-order valence-electron chi connectivity index (χ3n) is 2.97. The Hall–Kier alpha value is -2.05. The second-order valence-corrected chi connectivity index (χ2v) is 6.01. The van der Waals surface area contributed by atoms with Gasteiger partial charge in [0.2, 0.25) is 0 Å². The summed E-state index contributed by atoms with van der Waals surface area (Å²) in [6, 6.07) is 11.8. The van der Waals surface area contributed by atoms with E-state index in [0.29, 0.717) is 16.7 Å². The molecule has 0 spiro atoms. The molecule has 3 rings (SSSR count). The standard InChI is InChI=1S/C14H11ClN4OS/c15-11-6-10-13(9-4-2-1-3-5-9)16-7-12(17-8-18-20)19-14(10)21-11/h1-6H,7-8H2,(H,17,19). The highest BCUT2D eigenvalue weighted by molar-refractivity contribution is 7.20. The van der Waals surface area contributed by atoms with E-state index in [-0.39, 0.29) is 6.67 Å². The average Bonchev–Trinajstić information content (AvgIpc) is 2.77. The molecule has 1 aliphatic heterocycles. The lowest BCUT2D eigenvalue weighted by Gasteiger charge is -2.04. The molecule has 1 aliphatic rings. The van der Waals surface area contributed by atoms with E-state index in [1.165, 1.54) is 11.3 Å².